The standard InChI is InChI=1S/C46H30O/c1-4-16-31(17-5-1)34-28-29-41-42(30-34)47-46(40-27-15-10-22-35(40)32-18-6-2-7-19-32)45(41)44-38-25-13-11-23-36(38)43(33-20-8-3-9-21-33)37-24-12-14-26-39(37)44/h1-30H/i1D,2D,3D,4D,5D,6D,7D,8D,9D,11D,12D,13D,14D,16D,17D,18D,19D,20D,21D,23D,24D,25D,26D,28D,29D,30D. The molecule has 0 spiro atoms. The van der Waals surface area contributed by atoms with Gasteiger partial charge in [0, 0.05) is 22.1 Å². The van der Waals surface area contributed by atoms with Gasteiger partial charge in [0.05, 0.1) is 35.6 Å². The Kier molecular flexibility index (Phi) is 2.78. The predicted molar refractivity (Wildman–Crippen MR) is 198 cm³/mol. The maximum atomic E-state index is 9.73. The van der Waals surface area contributed by atoms with Crippen LogP contribution in [0.25, 0.3) is 88.3 Å². The van der Waals surface area contributed by atoms with Crippen molar-refractivity contribution >= 4 is 32.5 Å². The van der Waals surface area contributed by atoms with Crippen LogP contribution in [0.1, 0.15) is 35.6 Å². The Morgan fingerprint density at radius 1 is 0.362 bits per heavy atom. The Bertz CT molecular complexity index is 3880. The zero-order chi connectivity index (χ0) is 53.8. The van der Waals surface area contributed by atoms with E-state index in [1.54, 1.807) is 0 Å². The first kappa shape index (κ1) is 11.6. The Balaban J connectivity index is 1.66. The first-order valence-corrected chi connectivity index (χ1v) is 14.0. The van der Waals surface area contributed by atoms with Crippen LogP contribution in [0.15, 0.2) is 186 Å². The molecular weight excluding hydrogens is 569 g/mol. The maximum absolute atomic E-state index is 9.73. The van der Waals surface area contributed by atoms with Gasteiger partial charge in [-0.15, -0.1) is 0 Å². The Morgan fingerprint density at radius 2 is 0.851 bits per heavy atom. The number of benzene rings is 8. The Morgan fingerprint density at radius 3 is 1.45 bits per heavy atom. The largest absolute Gasteiger partial charge is 0.455 e. The number of fused-ring (bicyclic) bond motifs is 3. The average Bonchev–Trinajstić information content (AvgIpc) is 3.77. The topological polar surface area (TPSA) is 13.1 Å². The van der Waals surface area contributed by atoms with Crippen LogP contribution in [0, 0.1) is 0 Å². The van der Waals surface area contributed by atoms with E-state index in [0.717, 1.165) is 0 Å². The fourth-order valence-electron chi connectivity index (χ4n) is 5.62. The molecule has 47 heavy (non-hydrogen) atoms. The highest BCUT2D eigenvalue weighted by Gasteiger charge is 2.25. The van der Waals surface area contributed by atoms with Crippen LogP contribution in [0.5, 0.6) is 0 Å². The summed E-state index contributed by atoms with van der Waals surface area (Å²) < 4.78 is 239. The van der Waals surface area contributed by atoms with Crippen molar-refractivity contribution in [1.82, 2.24) is 0 Å². The predicted octanol–water partition coefficient (Wildman–Crippen LogP) is 13.1. The molecule has 0 aliphatic heterocycles. The molecule has 0 N–H and O–H groups in total. The van der Waals surface area contributed by atoms with Crippen LogP contribution in [-0.4, -0.2) is 0 Å². The van der Waals surface area contributed by atoms with Crippen molar-refractivity contribution in [2.45, 2.75) is 0 Å². The van der Waals surface area contributed by atoms with Crippen molar-refractivity contribution in [2.24, 2.45) is 0 Å². The van der Waals surface area contributed by atoms with E-state index < -0.39 is 234 Å². The van der Waals surface area contributed by atoms with Gasteiger partial charge in [0.2, 0.25) is 0 Å². The van der Waals surface area contributed by atoms with Gasteiger partial charge in [-0.25, -0.2) is 0 Å². The normalized spacial score (nSPS) is 19.1. The van der Waals surface area contributed by atoms with E-state index in [4.69, 9.17) is 30.5 Å². The van der Waals surface area contributed by atoms with E-state index in [9.17, 15) is 9.60 Å². The van der Waals surface area contributed by atoms with Gasteiger partial charge in [-0.2, -0.15) is 0 Å². The van der Waals surface area contributed by atoms with Crippen molar-refractivity contribution < 1.29 is 40.1 Å². The maximum Gasteiger partial charge on any atom is 0.143 e. The minimum absolute atomic E-state index is 0.192. The summed E-state index contributed by atoms with van der Waals surface area (Å²) >= 11 is 0. The molecule has 0 bridgehead atoms. The summed E-state index contributed by atoms with van der Waals surface area (Å²) in [6.07, 6.45) is 0. The van der Waals surface area contributed by atoms with Gasteiger partial charge in [0.1, 0.15) is 11.3 Å². The highest BCUT2D eigenvalue weighted by Crippen LogP contribution is 2.51. The van der Waals surface area contributed by atoms with Crippen molar-refractivity contribution in [3.8, 4) is 55.8 Å². The summed E-state index contributed by atoms with van der Waals surface area (Å²) in [7, 11) is 0. The first-order chi connectivity index (χ1) is 34.1. The second-order valence-electron chi connectivity index (χ2n) is 10.1. The lowest BCUT2D eigenvalue weighted by Gasteiger charge is -2.18. The Hall–Kier alpha value is -6.18. The van der Waals surface area contributed by atoms with E-state index in [2.05, 4.69) is 0 Å². The SMILES string of the molecule is [2H]c1c([2H])c([2H])c(-c2ccccc2-c2oc3c([2H])c(-c4c([2H])c([2H])c([2H])c([2H])c4[2H])c([2H])c([2H])c3c2-c2c3c([2H])c([2H])c([2H])c([2H])c3c(-c3c([2H])c([2H])c([2H])c([2H])c3[2H])c3c([2H])c([2H])c([2H])c([2H])c23)c([2H])c1[2H]. The second kappa shape index (κ2) is 11.3. The lowest BCUT2D eigenvalue weighted by Crippen LogP contribution is -1.92. The third-order valence-electron chi connectivity index (χ3n) is 7.53. The van der Waals surface area contributed by atoms with E-state index in [1.165, 1.54) is 24.3 Å². The molecule has 1 heterocycles. The summed E-state index contributed by atoms with van der Waals surface area (Å²) in [6.45, 7) is 0. The van der Waals surface area contributed by atoms with Gasteiger partial charge in [-0.3, -0.25) is 0 Å². The zero-order valence-corrected chi connectivity index (χ0v) is 23.7. The van der Waals surface area contributed by atoms with Gasteiger partial charge in [-0.1, -0.05) is 169 Å². The molecule has 0 aliphatic rings. The summed E-state index contributed by atoms with van der Waals surface area (Å²) in [5.41, 5.74) is -5.55. The average molecular weight is 625 g/mol. The van der Waals surface area contributed by atoms with Crippen LogP contribution in [0.2, 0.25) is 0 Å². The molecule has 0 unspecified atom stereocenters. The van der Waals surface area contributed by atoms with E-state index in [1.807, 2.05) is 0 Å². The molecule has 0 saturated heterocycles. The van der Waals surface area contributed by atoms with Crippen molar-refractivity contribution in [3.63, 3.8) is 0 Å². The van der Waals surface area contributed by atoms with Gasteiger partial charge >= 0.3 is 0 Å². The third kappa shape index (κ3) is 4.56. The summed E-state index contributed by atoms with van der Waals surface area (Å²) in [5, 5.41) is -3.27. The molecule has 0 aliphatic carbocycles. The van der Waals surface area contributed by atoms with Crippen LogP contribution in [-0.2, 0) is 0 Å². The van der Waals surface area contributed by atoms with E-state index in [-0.39, 0.29) is 11.1 Å². The minimum atomic E-state index is -0.961. The van der Waals surface area contributed by atoms with Crippen molar-refractivity contribution in [3.05, 3.63) is 181 Å². The molecule has 1 aromatic heterocycles. The Labute approximate surface area is 310 Å². The van der Waals surface area contributed by atoms with Crippen molar-refractivity contribution in [2.75, 3.05) is 0 Å². The van der Waals surface area contributed by atoms with Crippen LogP contribution < -0.4 is 0 Å². The highest BCUT2D eigenvalue weighted by molar-refractivity contribution is 6.25. The minimum Gasteiger partial charge on any atom is -0.455 e. The molecule has 0 amide bonds. The molecule has 1 nitrogen and oxygen atoms in total. The van der Waals surface area contributed by atoms with Gasteiger partial charge in [0.15, 0.2) is 0 Å². The number of rotatable bonds is 5. The van der Waals surface area contributed by atoms with Gasteiger partial charge < -0.3 is 4.42 Å². The van der Waals surface area contributed by atoms with Crippen molar-refractivity contribution in [1.29, 1.82) is 0 Å². The number of hydrogen-bond acceptors (Lipinski definition) is 1. The van der Waals surface area contributed by atoms with Gasteiger partial charge in [0.25, 0.3) is 0 Å². The third-order valence-corrected chi connectivity index (χ3v) is 7.53. The summed E-state index contributed by atoms with van der Waals surface area (Å²) in [6, 6.07) is -17.6. The molecule has 220 valence electrons. The quantitative estimate of drug-likeness (QED) is 0.174. The zero-order valence-electron chi connectivity index (χ0n) is 49.7. The second-order valence-corrected chi connectivity index (χ2v) is 10.1. The molecule has 0 saturated carbocycles. The summed E-state index contributed by atoms with van der Waals surface area (Å²) in [5.74, 6) is -0.574. The van der Waals surface area contributed by atoms with Crippen LogP contribution in [0.3, 0.4) is 0 Å². The molecular formula is C46H30O. The molecule has 8 aromatic carbocycles. The molecule has 0 fully saturated rings. The highest BCUT2D eigenvalue weighted by atomic mass is 16.3. The molecule has 9 rings (SSSR count). The van der Waals surface area contributed by atoms with E-state index in [0.29, 0.717) is 0 Å². The van der Waals surface area contributed by atoms with Crippen LogP contribution >= 0.6 is 0 Å². The fourth-order valence-corrected chi connectivity index (χ4v) is 5.62. The molecule has 9 aromatic rings. The molecule has 1 heteroatoms. The monoisotopic (exact) mass is 624 g/mol. The fraction of sp³-hybridized carbons (Fsp3) is 0. The lowest BCUT2D eigenvalue weighted by atomic mass is 9.84. The summed E-state index contributed by atoms with van der Waals surface area (Å²) in [4.78, 5) is 0. The van der Waals surface area contributed by atoms with Crippen LogP contribution in [0.4, 0.5) is 0 Å². The smallest absolute Gasteiger partial charge is 0.143 e. The van der Waals surface area contributed by atoms with E-state index >= 15 is 0 Å². The number of hydrogen-bond donors (Lipinski definition) is 0. The molecule has 0 atom stereocenters. The van der Waals surface area contributed by atoms with Gasteiger partial charge in [-0.05, 0) is 67.0 Å². The lowest BCUT2D eigenvalue weighted by molar-refractivity contribution is 0.633. The molecule has 0 radical (unpaired) electrons. The number of furan rings is 1. The first-order valence-electron chi connectivity index (χ1n) is 27.0.